The molecule has 1 aliphatic rings. The molecule has 0 radical (unpaired) electrons. The van der Waals surface area contributed by atoms with Crippen LogP contribution < -0.4 is 10.6 Å². The standard InChI is InChI=1S/C25H30N2O6S/c1-32-13-11-22(24(29)30)26-23(28)21(12-14-34-2)27-25(31)33-15-20-18-9-5-3-7-16(18)17-8-4-6-10-19(17)20/h3-10,20-22H,11-15H2,1-2H3,(H,26,28)(H,27,31)(H,29,30). The monoisotopic (exact) mass is 486 g/mol. The van der Waals surface area contributed by atoms with E-state index in [4.69, 9.17) is 9.47 Å². The van der Waals surface area contributed by atoms with Crippen molar-refractivity contribution in [3.05, 3.63) is 59.7 Å². The van der Waals surface area contributed by atoms with Crippen LogP contribution in [0.1, 0.15) is 29.9 Å². The fraction of sp³-hybridized carbons (Fsp3) is 0.400. The second kappa shape index (κ2) is 12.4. The minimum absolute atomic E-state index is 0.0953. The van der Waals surface area contributed by atoms with Crippen molar-refractivity contribution in [3.63, 3.8) is 0 Å². The highest BCUT2D eigenvalue weighted by Crippen LogP contribution is 2.44. The van der Waals surface area contributed by atoms with Crippen molar-refractivity contribution >= 4 is 29.7 Å². The lowest BCUT2D eigenvalue weighted by atomic mass is 9.98. The van der Waals surface area contributed by atoms with Gasteiger partial charge >= 0.3 is 12.1 Å². The molecule has 182 valence electrons. The van der Waals surface area contributed by atoms with Gasteiger partial charge < -0.3 is 25.2 Å². The van der Waals surface area contributed by atoms with Crippen LogP contribution in [-0.2, 0) is 19.1 Å². The molecule has 0 aromatic heterocycles. The summed E-state index contributed by atoms with van der Waals surface area (Å²) in [6.45, 7) is 0.314. The number of hydrogen-bond acceptors (Lipinski definition) is 6. The van der Waals surface area contributed by atoms with E-state index in [-0.39, 0.29) is 25.6 Å². The SMILES string of the molecule is COCCC(NC(=O)C(CCSC)NC(=O)OCC1c2ccccc2-c2ccccc21)C(=O)O. The Labute approximate surface area is 203 Å². The van der Waals surface area contributed by atoms with Crippen molar-refractivity contribution in [3.8, 4) is 11.1 Å². The van der Waals surface area contributed by atoms with Gasteiger partial charge in [0.05, 0.1) is 0 Å². The van der Waals surface area contributed by atoms with Crippen LogP contribution in [-0.4, -0.2) is 67.5 Å². The van der Waals surface area contributed by atoms with Gasteiger partial charge in [0.15, 0.2) is 0 Å². The number of hydrogen-bond donors (Lipinski definition) is 3. The quantitative estimate of drug-likeness (QED) is 0.422. The Morgan fingerprint density at radius 2 is 1.59 bits per heavy atom. The first-order valence-electron chi connectivity index (χ1n) is 11.1. The third-order valence-electron chi connectivity index (χ3n) is 5.79. The van der Waals surface area contributed by atoms with Crippen LogP contribution in [0.4, 0.5) is 4.79 Å². The summed E-state index contributed by atoms with van der Waals surface area (Å²) in [7, 11) is 1.46. The van der Waals surface area contributed by atoms with Gasteiger partial charge in [-0.25, -0.2) is 9.59 Å². The number of methoxy groups -OCH3 is 1. The number of carbonyl (C=O) groups excluding carboxylic acids is 2. The zero-order valence-electron chi connectivity index (χ0n) is 19.3. The third-order valence-corrected chi connectivity index (χ3v) is 6.43. The highest BCUT2D eigenvalue weighted by atomic mass is 32.2. The average Bonchev–Trinajstić information content (AvgIpc) is 3.16. The van der Waals surface area contributed by atoms with Gasteiger partial charge in [0, 0.05) is 26.1 Å². The zero-order chi connectivity index (χ0) is 24.5. The molecule has 0 fully saturated rings. The molecule has 0 spiro atoms. The maximum absolute atomic E-state index is 12.8. The second-order valence-electron chi connectivity index (χ2n) is 7.98. The van der Waals surface area contributed by atoms with E-state index in [1.807, 2.05) is 42.7 Å². The van der Waals surface area contributed by atoms with E-state index in [1.54, 1.807) is 0 Å². The fourth-order valence-electron chi connectivity index (χ4n) is 4.05. The summed E-state index contributed by atoms with van der Waals surface area (Å²) < 4.78 is 10.5. The van der Waals surface area contributed by atoms with Gasteiger partial charge in [-0.3, -0.25) is 4.79 Å². The first kappa shape index (κ1) is 25.6. The predicted octanol–water partition coefficient (Wildman–Crippen LogP) is 3.25. The van der Waals surface area contributed by atoms with Crippen LogP contribution in [0.25, 0.3) is 11.1 Å². The number of benzene rings is 2. The molecule has 9 heteroatoms. The van der Waals surface area contributed by atoms with Crippen LogP contribution in [0, 0.1) is 0 Å². The molecule has 8 nitrogen and oxygen atoms in total. The van der Waals surface area contributed by atoms with Gasteiger partial charge in [-0.05, 0) is 40.7 Å². The van der Waals surface area contributed by atoms with E-state index in [0.29, 0.717) is 12.2 Å². The van der Waals surface area contributed by atoms with E-state index in [9.17, 15) is 19.5 Å². The summed E-state index contributed by atoms with van der Waals surface area (Å²) in [5, 5.41) is 14.5. The van der Waals surface area contributed by atoms with Crippen molar-refractivity contribution in [2.24, 2.45) is 0 Å². The molecule has 3 rings (SSSR count). The van der Waals surface area contributed by atoms with Crippen molar-refractivity contribution in [2.75, 3.05) is 32.3 Å². The number of alkyl carbamates (subject to hydrolysis) is 1. The Morgan fingerprint density at radius 3 is 2.15 bits per heavy atom. The highest BCUT2D eigenvalue weighted by Gasteiger charge is 2.30. The third kappa shape index (κ3) is 6.30. The number of fused-ring (bicyclic) bond motifs is 3. The molecule has 2 atom stereocenters. The van der Waals surface area contributed by atoms with Crippen molar-refractivity contribution in [2.45, 2.75) is 30.8 Å². The Morgan fingerprint density at radius 1 is 0.971 bits per heavy atom. The van der Waals surface area contributed by atoms with Crippen LogP contribution in [0.2, 0.25) is 0 Å². The number of carboxylic acids is 1. The largest absolute Gasteiger partial charge is 0.480 e. The second-order valence-corrected chi connectivity index (χ2v) is 8.97. The number of aliphatic carboxylic acids is 1. The summed E-state index contributed by atoms with van der Waals surface area (Å²) in [4.78, 5) is 36.9. The van der Waals surface area contributed by atoms with Gasteiger partial charge in [-0.2, -0.15) is 11.8 Å². The molecule has 0 saturated carbocycles. The summed E-state index contributed by atoms with van der Waals surface area (Å²) in [5.74, 6) is -1.21. The molecule has 1 aliphatic carbocycles. The molecule has 0 saturated heterocycles. The maximum atomic E-state index is 12.8. The van der Waals surface area contributed by atoms with E-state index < -0.39 is 30.1 Å². The number of carboxylic acid groups (broad SMARTS) is 1. The molecule has 0 heterocycles. The molecule has 2 amide bonds. The average molecular weight is 487 g/mol. The molecule has 0 aliphatic heterocycles. The van der Waals surface area contributed by atoms with Gasteiger partial charge in [0.1, 0.15) is 18.7 Å². The number of ether oxygens (including phenoxy) is 2. The number of amides is 2. The minimum atomic E-state index is -1.16. The summed E-state index contributed by atoms with van der Waals surface area (Å²) in [6.07, 6.45) is 1.64. The summed E-state index contributed by atoms with van der Waals surface area (Å²) in [5.41, 5.74) is 4.44. The van der Waals surface area contributed by atoms with E-state index in [0.717, 1.165) is 22.3 Å². The van der Waals surface area contributed by atoms with Crippen LogP contribution >= 0.6 is 11.8 Å². The van der Waals surface area contributed by atoms with Crippen molar-refractivity contribution < 1.29 is 29.0 Å². The van der Waals surface area contributed by atoms with Gasteiger partial charge in [0.25, 0.3) is 0 Å². The Balaban J connectivity index is 1.64. The van der Waals surface area contributed by atoms with Crippen LogP contribution in [0.5, 0.6) is 0 Å². The van der Waals surface area contributed by atoms with Crippen molar-refractivity contribution in [1.29, 1.82) is 0 Å². The smallest absolute Gasteiger partial charge is 0.407 e. The molecule has 34 heavy (non-hydrogen) atoms. The number of thioether (sulfide) groups is 1. The zero-order valence-corrected chi connectivity index (χ0v) is 20.1. The van der Waals surface area contributed by atoms with Gasteiger partial charge in [-0.1, -0.05) is 48.5 Å². The van der Waals surface area contributed by atoms with E-state index >= 15 is 0 Å². The normalized spacial score (nSPS) is 13.9. The number of rotatable bonds is 12. The molecular weight excluding hydrogens is 456 g/mol. The van der Waals surface area contributed by atoms with Gasteiger partial charge in [0.2, 0.25) is 5.91 Å². The lowest BCUT2D eigenvalue weighted by Crippen LogP contribution is -2.52. The van der Waals surface area contributed by atoms with Crippen LogP contribution in [0.3, 0.4) is 0 Å². The lowest BCUT2D eigenvalue weighted by Gasteiger charge is -2.22. The Hall–Kier alpha value is -3.04. The molecular formula is C25H30N2O6S. The summed E-state index contributed by atoms with van der Waals surface area (Å²) in [6, 6.07) is 14.0. The topological polar surface area (TPSA) is 114 Å². The first-order chi connectivity index (χ1) is 16.5. The number of nitrogens with one attached hydrogen (secondary N) is 2. The maximum Gasteiger partial charge on any atom is 0.407 e. The Bertz CT molecular complexity index is 969. The minimum Gasteiger partial charge on any atom is -0.480 e. The molecule has 2 aromatic rings. The fourth-order valence-corrected chi connectivity index (χ4v) is 4.52. The molecule has 3 N–H and O–H groups in total. The van der Waals surface area contributed by atoms with Crippen LogP contribution in [0.15, 0.2) is 48.5 Å². The molecule has 0 bridgehead atoms. The molecule has 2 unspecified atom stereocenters. The van der Waals surface area contributed by atoms with Crippen molar-refractivity contribution in [1.82, 2.24) is 10.6 Å². The van der Waals surface area contributed by atoms with E-state index in [1.165, 1.54) is 18.9 Å². The lowest BCUT2D eigenvalue weighted by molar-refractivity contribution is -0.142. The first-order valence-corrected chi connectivity index (χ1v) is 12.5. The predicted molar refractivity (Wildman–Crippen MR) is 131 cm³/mol. The summed E-state index contributed by atoms with van der Waals surface area (Å²) >= 11 is 1.52. The molecule has 2 aromatic carbocycles. The van der Waals surface area contributed by atoms with E-state index in [2.05, 4.69) is 22.8 Å². The van der Waals surface area contributed by atoms with Gasteiger partial charge in [-0.15, -0.1) is 0 Å². The number of carbonyl (C=O) groups is 3. The highest BCUT2D eigenvalue weighted by molar-refractivity contribution is 7.98. The Kier molecular flexibility index (Phi) is 9.35.